The van der Waals surface area contributed by atoms with Crippen LogP contribution >= 0.6 is 0 Å². The van der Waals surface area contributed by atoms with E-state index in [-0.39, 0.29) is 34.7 Å². The largest absolute Gasteiger partial charge is 0.505 e. The summed E-state index contributed by atoms with van der Waals surface area (Å²) in [6.45, 7) is 7.77. The number of para-hydroxylation sites is 1. The van der Waals surface area contributed by atoms with Crippen LogP contribution in [0.15, 0.2) is 41.3 Å². The predicted molar refractivity (Wildman–Crippen MR) is 102 cm³/mol. The third kappa shape index (κ3) is 3.20. The first-order chi connectivity index (χ1) is 12.2. The van der Waals surface area contributed by atoms with Gasteiger partial charge in [-0.15, -0.1) is 0 Å². The number of nitrogens with zero attached hydrogens (tertiary/aromatic N) is 2. The first kappa shape index (κ1) is 18.1. The Morgan fingerprint density at radius 1 is 1.31 bits per heavy atom. The van der Waals surface area contributed by atoms with Gasteiger partial charge in [0, 0.05) is 6.54 Å². The number of hydrogen-bond acceptors (Lipinski definition) is 5. The Hall–Kier alpha value is -2.74. The second-order valence-corrected chi connectivity index (χ2v) is 8.38. The Balaban J connectivity index is 2.15. The number of rotatable bonds is 5. The summed E-state index contributed by atoms with van der Waals surface area (Å²) in [6, 6.07) is 9.44. The van der Waals surface area contributed by atoms with E-state index in [2.05, 4.69) is 16.9 Å². The number of H-pyrrole nitrogens is 1. The molecule has 3 aromatic rings. The van der Waals surface area contributed by atoms with Gasteiger partial charge in [-0.2, -0.15) is 0 Å². The predicted octanol–water partition coefficient (Wildman–Crippen LogP) is 2.88. The molecule has 0 bridgehead atoms. The van der Waals surface area contributed by atoms with Crippen LogP contribution in [0.1, 0.15) is 19.4 Å². The quantitative estimate of drug-likeness (QED) is 0.636. The average Bonchev–Trinajstić information content (AvgIpc) is 2.94. The number of anilines is 2. The van der Waals surface area contributed by atoms with Gasteiger partial charge < -0.3 is 15.8 Å². The molecule has 2 aromatic carbocycles. The zero-order valence-electron chi connectivity index (χ0n) is 14.6. The summed E-state index contributed by atoms with van der Waals surface area (Å²) in [5, 5.41) is 10.4. The fourth-order valence-corrected chi connectivity index (χ4v) is 4.39. The van der Waals surface area contributed by atoms with Gasteiger partial charge in [-0.25, -0.2) is 13.4 Å². The summed E-state index contributed by atoms with van der Waals surface area (Å²) in [6.07, 6.45) is 0. The van der Waals surface area contributed by atoms with Crippen molar-refractivity contribution in [2.75, 3.05) is 16.6 Å². The molecule has 26 heavy (non-hydrogen) atoms. The van der Waals surface area contributed by atoms with Crippen molar-refractivity contribution in [2.24, 2.45) is 5.92 Å². The monoisotopic (exact) mass is 373 g/mol. The smallest absolute Gasteiger partial charge is 0.264 e. The van der Waals surface area contributed by atoms with E-state index < -0.39 is 10.0 Å². The Labute approximate surface area is 152 Å². The van der Waals surface area contributed by atoms with E-state index in [9.17, 15) is 13.5 Å². The summed E-state index contributed by atoms with van der Waals surface area (Å²) < 4.78 is 27.8. The van der Waals surface area contributed by atoms with Gasteiger partial charge in [0.25, 0.3) is 10.0 Å². The lowest BCUT2D eigenvalue weighted by molar-refractivity contribution is 0.472. The molecule has 0 unspecified atom stereocenters. The van der Waals surface area contributed by atoms with Crippen LogP contribution in [-0.2, 0) is 10.0 Å². The average molecular weight is 373 g/mol. The van der Waals surface area contributed by atoms with Crippen LogP contribution in [-0.4, -0.2) is 30.0 Å². The maximum Gasteiger partial charge on any atom is 0.264 e. The zero-order valence-corrected chi connectivity index (χ0v) is 15.4. The molecule has 0 saturated carbocycles. The number of nitrogens with one attached hydrogen (secondary N) is 1. The molecule has 0 atom stereocenters. The second-order valence-electron chi connectivity index (χ2n) is 6.52. The number of phenolic OH excluding ortho intramolecular Hbond substituents is 1. The van der Waals surface area contributed by atoms with Crippen LogP contribution < -0.4 is 10.0 Å². The van der Waals surface area contributed by atoms with Gasteiger partial charge in [-0.3, -0.25) is 4.31 Å². The fraction of sp³-hybridized carbons (Fsp3) is 0.222. The van der Waals surface area contributed by atoms with Crippen LogP contribution in [0.25, 0.3) is 11.0 Å². The standard InChI is InChI=1S/C18H21N4O3S/c1-11(2)10-22(16-6-4-5-12(3)17(16)23)26(24,25)13-7-8-14-15(9-13)21-18(19)20-14/h4-9,11,23H,3,10H2,1-2H3,(H3,19,20,21). The van der Waals surface area contributed by atoms with Gasteiger partial charge in [-0.05, 0) is 42.7 Å². The van der Waals surface area contributed by atoms with Crippen LogP contribution in [0.4, 0.5) is 11.6 Å². The Morgan fingerprint density at radius 3 is 2.73 bits per heavy atom. The van der Waals surface area contributed by atoms with Crippen molar-refractivity contribution in [3.05, 3.63) is 48.9 Å². The maximum absolute atomic E-state index is 13.3. The van der Waals surface area contributed by atoms with E-state index >= 15 is 0 Å². The summed E-state index contributed by atoms with van der Waals surface area (Å²) in [5.41, 5.74) is 7.31. The fourth-order valence-electron chi connectivity index (χ4n) is 2.73. The van der Waals surface area contributed by atoms with Crippen LogP contribution in [0.2, 0.25) is 0 Å². The first-order valence-electron chi connectivity index (χ1n) is 8.12. The minimum absolute atomic E-state index is 0.0439. The number of aromatic amines is 1. The van der Waals surface area contributed by atoms with Gasteiger partial charge in [0.15, 0.2) is 5.95 Å². The molecule has 1 heterocycles. The van der Waals surface area contributed by atoms with Crippen LogP contribution in [0, 0.1) is 12.8 Å². The maximum atomic E-state index is 13.3. The molecule has 1 radical (unpaired) electrons. The number of benzene rings is 2. The highest BCUT2D eigenvalue weighted by Gasteiger charge is 2.28. The third-order valence-corrected chi connectivity index (χ3v) is 5.73. The number of nitrogens with two attached hydrogens (primary N) is 1. The van der Waals surface area contributed by atoms with E-state index in [1.165, 1.54) is 16.4 Å². The van der Waals surface area contributed by atoms with E-state index in [1.807, 2.05) is 13.8 Å². The van der Waals surface area contributed by atoms with Crippen molar-refractivity contribution < 1.29 is 13.5 Å². The number of imidazole rings is 1. The Kier molecular flexibility index (Phi) is 4.53. The molecule has 8 heteroatoms. The summed E-state index contributed by atoms with van der Waals surface area (Å²) in [7, 11) is -3.92. The van der Waals surface area contributed by atoms with Crippen molar-refractivity contribution in [3.8, 4) is 5.75 Å². The van der Waals surface area contributed by atoms with Crippen LogP contribution in [0.3, 0.4) is 0 Å². The highest BCUT2D eigenvalue weighted by molar-refractivity contribution is 7.92. The van der Waals surface area contributed by atoms with Gasteiger partial charge in [0.2, 0.25) is 0 Å². The molecule has 0 aliphatic rings. The van der Waals surface area contributed by atoms with Crippen molar-refractivity contribution in [1.82, 2.24) is 9.97 Å². The number of aromatic hydroxyl groups is 1. The summed E-state index contributed by atoms with van der Waals surface area (Å²) >= 11 is 0. The number of sulfonamides is 1. The van der Waals surface area contributed by atoms with Crippen molar-refractivity contribution in [3.63, 3.8) is 0 Å². The molecule has 7 nitrogen and oxygen atoms in total. The molecular formula is C18H21N4O3S. The normalized spacial score (nSPS) is 12.0. The molecule has 0 fully saturated rings. The molecule has 0 spiro atoms. The second kappa shape index (κ2) is 6.53. The van der Waals surface area contributed by atoms with E-state index in [1.54, 1.807) is 24.3 Å². The molecule has 0 amide bonds. The van der Waals surface area contributed by atoms with Crippen LogP contribution in [0.5, 0.6) is 5.75 Å². The number of nitrogen functional groups attached to an aromatic ring is 1. The molecular weight excluding hydrogens is 352 g/mol. The zero-order chi connectivity index (χ0) is 19.1. The van der Waals surface area contributed by atoms with Gasteiger partial charge >= 0.3 is 0 Å². The molecule has 137 valence electrons. The highest BCUT2D eigenvalue weighted by atomic mass is 32.2. The number of phenols is 1. The van der Waals surface area contributed by atoms with Crippen molar-refractivity contribution in [1.29, 1.82) is 0 Å². The molecule has 0 saturated heterocycles. The lowest BCUT2D eigenvalue weighted by Crippen LogP contribution is -2.34. The molecule has 1 aromatic heterocycles. The lowest BCUT2D eigenvalue weighted by Gasteiger charge is -2.27. The molecule has 0 aliphatic carbocycles. The number of aromatic nitrogens is 2. The van der Waals surface area contributed by atoms with Gasteiger partial charge in [0.1, 0.15) is 5.75 Å². The SMILES string of the molecule is [CH2]c1cccc(N(CC(C)C)S(=O)(=O)c2ccc3[nH]c(N)nc3c2)c1O. The third-order valence-electron chi connectivity index (χ3n) is 3.96. The first-order valence-corrected chi connectivity index (χ1v) is 9.56. The van der Waals surface area contributed by atoms with E-state index in [0.717, 1.165) is 0 Å². The Morgan fingerprint density at radius 2 is 2.04 bits per heavy atom. The number of hydrogen-bond donors (Lipinski definition) is 3. The molecule has 0 aliphatic heterocycles. The van der Waals surface area contributed by atoms with Gasteiger partial charge in [0.05, 0.1) is 21.6 Å². The molecule has 4 N–H and O–H groups in total. The molecule has 3 rings (SSSR count). The number of fused-ring (bicyclic) bond motifs is 1. The van der Waals surface area contributed by atoms with E-state index in [0.29, 0.717) is 16.6 Å². The lowest BCUT2D eigenvalue weighted by atomic mass is 10.1. The van der Waals surface area contributed by atoms with E-state index in [4.69, 9.17) is 5.73 Å². The van der Waals surface area contributed by atoms with Gasteiger partial charge in [-0.1, -0.05) is 26.0 Å². The highest BCUT2D eigenvalue weighted by Crippen LogP contribution is 2.35. The minimum atomic E-state index is -3.92. The Bertz CT molecular complexity index is 1060. The van der Waals surface area contributed by atoms with Crippen molar-refractivity contribution >= 4 is 32.7 Å². The summed E-state index contributed by atoms with van der Waals surface area (Å²) in [4.78, 5) is 7.02. The van der Waals surface area contributed by atoms with Crippen molar-refractivity contribution in [2.45, 2.75) is 18.7 Å². The summed E-state index contributed by atoms with van der Waals surface area (Å²) in [5.74, 6) is 0.111. The minimum Gasteiger partial charge on any atom is -0.505 e. The topological polar surface area (TPSA) is 112 Å².